The van der Waals surface area contributed by atoms with Crippen LogP contribution in [0.1, 0.15) is 13.8 Å². The van der Waals surface area contributed by atoms with Crippen molar-refractivity contribution in [3.8, 4) is 11.3 Å². The smallest absolute Gasteiger partial charge is 0.326 e. The lowest BCUT2D eigenvalue weighted by atomic mass is 10.1. The zero-order chi connectivity index (χ0) is 16.1. The number of benzene rings is 1. The summed E-state index contributed by atoms with van der Waals surface area (Å²) < 4.78 is 1.39. The van der Waals surface area contributed by atoms with Gasteiger partial charge in [0.05, 0.1) is 6.20 Å². The van der Waals surface area contributed by atoms with Crippen molar-refractivity contribution >= 4 is 11.9 Å². The zero-order valence-electron chi connectivity index (χ0n) is 12.4. The van der Waals surface area contributed by atoms with Crippen LogP contribution in [0.25, 0.3) is 11.3 Å². The molecule has 0 aliphatic carbocycles. The number of hydrogen-bond acceptors (Lipinski definition) is 4. The van der Waals surface area contributed by atoms with E-state index in [0.717, 1.165) is 5.56 Å². The number of carbonyl (C=O) groups excluding carboxylic acids is 1. The second kappa shape index (κ2) is 6.84. The first-order valence-corrected chi connectivity index (χ1v) is 6.95. The van der Waals surface area contributed by atoms with Crippen LogP contribution in [0.15, 0.2) is 36.5 Å². The third-order valence-corrected chi connectivity index (χ3v) is 3.16. The molecule has 1 aromatic carbocycles. The van der Waals surface area contributed by atoms with Crippen molar-refractivity contribution < 1.29 is 14.7 Å². The van der Waals surface area contributed by atoms with Crippen molar-refractivity contribution in [2.45, 2.75) is 26.4 Å². The molecular weight excluding hydrogens is 284 g/mol. The van der Waals surface area contributed by atoms with Crippen LogP contribution in [0.5, 0.6) is 0 Å². The molecule has 0 aliphatic rings. The summed E-state index contributed by atoms with van der Waals surface area (Å²) >= 11 is 0. The highest BCUT2D eigenvalue weighted by Crippen LogP contribution is 2.14. The van der Waals surface area contributed by atoms with E-state index in [-0.39, 0.29) is 12.5 Å². The van der Waals surface area contributed by atoms with Gasteiger partial charge in [0.2, 0.25) is 5.91 Å². The SMILES string of the molecule is CC(C)[C@@H](NC(=O)Cn1cc(-c2ccccc2)nn1)C(=O)O. The molecule has 0 fully saturated rings. The van der Waals surface area contributed by atoms with Crippen molar-refractivity contribution in [2.75, 3.05) is 0 Å². The molecule has 2 aromatic rings. The number of aliphatic carboxylic acids is 1. The normalized spacial score (nSPS) is 12.1. The Kier molecular flexibility index (Phi) is 4.88. The standard InChI is InChI=1S/C15H18N4O3/c1-10(2)14(15(21)22)16-13(20)9-19-8-12(17-18-19)11-6-4-3-5-7-11/h3-8,10,14H,9H2,1-2H3,(H,16,20)(H,21,22)/t14-/m1/s1. The highest BCUT2D eigenvalue weighted by atomic mass is 16.4. The largest absolute Gasteiger partial charge is 0.480 e. The molecule has 116 valence electrons. The number of carboxylic acid groups (broad SMARTS) is 1. The molecule has 7 heteroatoms. The van der Waals surface area contributed by atoms with Gasteiger partial charge in [0, 0.05) is 5.56 Å². The average Bonchev–Trinajstić information content (AvgIpc) is 2.93. The minimum Gasteiger partial charge on any atom is -0.480 e. The minimum atomic E-state index is -1.05. The van der Waals surface area contributed by atoms with Crippen molar-refractivity contribution in [1.29, 1.82) is 0 Å². The van der Waals surface area contributed by atoms with Gasteiger partial charge in [-0.1, -0.05) is 49.4 Å². The number of carbonyl (C=O) groups is 2. The van der Waals surface area contributed by atoms with Gasteiger partial charge in [0.1, 0.15) is 18.3 Å². The van der Waals surface area contributed by atoms with Crippen LogP contribution in [-0.2, 0) is 16.1 Å². The summed E-state index contributed by atoms with van der Waals surface area (Å²) in [4.78, 5) is 23.0. The lowest BCUT2D eigenvalue weighted by molar-refractivity contribution is -0.143. The van der Waals surface area contributed by atoms with E-state index in [2.05, 4.69) is 15.6 Å². The van der Waals surface area contributed by atoms with Crippen LogP contribution in [0, 0.1) is 5.92 Å². The number of aromatic nitrogens is 3. The predicted octanol–water partition coefficient (Wildman–Crippen LogP) is 1.17. The Morgan fingerprint density at radius 2 is 1.95 bits per heavy atom. The highest BCUT2D eigenvalue weighted by Gasteiger charge is 2.23. The second-order valence-electron chi connectivity index (χ2n) is 5.29. The van der Waals surface area contributed by atoms with E-state index in [9.17, 15) is 9.59 Å². The molecule has 1 aromatic heterocycles. The van der Waals surface area contributed by atoms with Crippen LogP contribution in [0.4, 0.5) is 0 Å². The lowest BCUT2D eigenvalue weighted by Crippen LogP contribution is -2.45. The zero-order valence-corrected chi connectivity index (χ0v) is 12.4. The van der Waals surface area contributed by atoms with Gasteiger partial charge < -0.3 is 10.4 Å². The number of rotatable bonds is 6. The topological polar surface area (TPSA) is 97.1 Å². The van der Waals surface area contributed by atoms with Gasteiger partial charge in [-0.3, -0.25) is 4.79 Å². The maximum Gasteiger partial charge on any atom is 0.326 e. The fourth-order valence-electron chi connectivity index (χ4n) is 2.00. The Bertz CT molecular complexity index is 652. The maximum absolute atomic E-state index is 11.9. The summed E-state index contributed by atoms with van der Waals surface area (Å²) in [5.41, 5.74) is 1.56. The van der Waals surface area contributed by atoms with Crippen LogP contribution in [0.3, 0.4) is 0 Å². The first-order valence-electron chi connectivity index (χ1n) is 6.95. The first-order chi connectivity index (χ1) is 10.5. The van der Waals surface area contributed by atoms with E-state index in [0.29, 0.717) is 5.69 Å². The maximum atomic E-state index is 11.9. The van der Waals surface area contributed by atoms with E-state index in [1.54, 1.807) is 20.0 Å². The summed E-state index contributed by atoms with van der Waals surface area (Å²) in [5.74, 6) is -1.66. The summed E-state index contributed by atoms with van der Waals surface area (Å²) in [6.07, 6.45) is 1.65. The number of carboxylic acids is 1. The Labute approximate surface area is 128 Å². The molecule has 2 rings (SSSR count). The van der Waals surface area contributed by atoms with E-state index in [1.807, 2.05) is 30.3 Å². The van der Waals surface area contributed by atoms with Gasteiger partial charge in [-0.25, -0.2) is 9.48 Å². The fourth-order valence-corrected chi connectivity index (χ4v) is 2.00. The number of nitrogens with zero attached hydrogens (tertiary/aromatic N) is 3. The third-order valence-electron chi connectivity index (χ3n) is 3.16. The van der Waals surface area contributed by atoms with Crippen molar-refractivity contribution in [1.82, 2.24) is 20.3 Å². The average molecular weight is 302 g/mol. The van der Waals surface area contributed by atoms with Gasteiger partial charge in [0.25, 0.3) is 0 Å². The number of hydrogen-bond donors (Lipinski definition) is 2. The number of nitrogens with one attached hydrogen (secondary N) is 1. The Balaban J connectivity index is 2.01. The predicted molar refractivity (Wildman–Crippen MR) is 79.9 cm³/mol. The fraction of sp³-hybridized carbons (Fsp3) is 0.333. The highest BCUT2D eigenvalue weighted by molar-refractivity contribution is 5.83. The van der Waals surface area contributed by atoms with Crippen molar-refractivity contribution in [3.63, 3.8) is 0 Å². The summed E-state index contributed by atoms with van der Waals surface area (Å²) in [6.45, 7) is 3.40. The van der Waals surface area contributed by atoms with E-state index >= 15 is 0 Å². The van der Waals surface area contributed by atoms with Crippen LogP contribution in [-0.4, -0.2) is 38.0 Å². The molecule has 0 saturated carbocycles. The molecule has 0 spiro atoms. The van der Waals surface area contributed by atoms with Crippen molar-refractivity contribution in [3.05, 3.63) is 36.5 Å². The van der Waals surface area contributed by atoms with E-state index < -0.39 is 17.9 Å². The molecule has 0 unspecified atom stereocenters. The Morgan fingerprint density at radius 3 is 2.55 bits per heavy atom. The lowest BCUT2D eigenvalue weighted by Gasteiger charge is -2.17. The van der Waals surface area contributed by atoms with Crippen LogP contribution >= 0.6 is 0 Å². The molecule has 0 radical (unpaired) electrons. The molecule has 0 bridgehead atoms. The molecule has 1 atom stereocenters. The van der Waals surface area contributed by atoms with Crippen LogP contribution < -0.4 is 5.32 Å². The van der Waals surface area contributed by atoms with Crippen LogP contribution in [0.2, 0.25) is 0 Å². The van der Waals surface area contributed by atoms with Gasteiger partial charge >= 0.3 is 5.97 Å². The van der Waals surface area contributed by atoms with Gasteiger partial charge in [-0.05, 0) is 5.92 Å². The first kappa shape index (κ1) is 15.7. The molecule has 0 saturated heterocycles. The molecule has 7 nitrogen and oxygen atoms in total. The molecule has 0 aliphatic heterocycles. The quantitative estimate of drug-likeness (QED) is 0.835. The van der Waals surface area contributed by atoms with Crippen molar-refractivity contribution in [2.24, 2.45) is 5.92 Å². The van der Waals surface area contributed by atoms with Gasteiger partial charge in [-0.2, -0.15) is 0 Å². The second-order valence-corrected chi connectivity index (χ2v) is 5.29. The monoisotopic (exact) mass is 302 g/mol. The minimum absolute atomic E-state index is 0.0731. The Morgan fingerprint density at radius 1 is 1.27 bits per heavy atom. The molecule has 22 heavy (non-hydrogen) atoms. The molecule has 1 heterocycles. The van der Waals surface area contributed by atoms with Gasteiger partial charge in [-0.15, -0.1) is 5.10 Å². The van der Waals surface area contributed by atoms with Gasteiger partial charge in [0.15, 0.2) is 0 Å². The molecule has 2 N–H and O–H groups in total. The third kappa shape index (κ3) is 3.91. The van der Waals surface area contributed by atoms with E-state index in [4.69, 9.17) is 5.11 Å². The molecular formula is C15H18N4O3. The summed E-state index contributed by atoms with van der Waals surface area (Å²) in [5, 5.41) is 19.4. The van der Waals surface area contributed by atoms with E-state index in [1.165, 1.54) is 4.68 Å². The number of amides is 1. The Hall–Kier alpha value is -2.70. The molecule has 1 amide bonds. The summed E-state index contributed by atoms with van der Waals surface area (Å²) in [6, 6.07) is 8.56. The summed E-state index contributed by atoms with van der Waals surface area (Å²) in [7, 11) is 0.